The van der Waals surface area contributed by atoms with Crippen LogP contribution in [0.4, 0.5) is 8.78 Å². The molecule has 3 aromatic rings. The van der Waals surface area contributed by atoms with Gasteiger partial charge >= 0.3 is 0 Å². The van der Waals surface area contributed by atoms with Gasteiger partial charge in [-0.25, -0.2) is 13.8 Å². The predicted molar refractivity (Wildman–Crippen MR) is 110 cm³/mol. The molecule has 1 aromatic carbocycles. The van der Waals surface area contributed by atoms with Gasteiger partial charge in [0.25, 0.3) is 12.1 Å². The van der Waals surface area contributed by atoms with Crippen LogP contribution in [0.15, 0.2) is 46.5 Å². The van der Waals surface area contributed by atoms with Gasteiger partial charge in [-0.1, -0.05) is 47.1 Å². The fraction of sp³-hybridized carbons (Fsp3) is 0.391. The van der Waals surface area contributed by atoms with Gasteiger partial charge in [0.2, 0.25) is 0 Å². The highest BCUT2D eigenvalue weighted by molar-refractivity contribution is 5.80. The van der Waals surface area contributed by atoms with Gasteiger partial charge in [0.05, 0.1) is 11.1 Å². The molecule has 0 saturated carbocycles. The van der Waals surface area contributed by atoms with Crippen molar-refractivity contribution in [2.24, 2.45) is 0 Å². The summed E-state index contributed by atoms with van der Waals surface area (Å²) in [5.41, 5.74) is 3.88. The molecule has 0 unspecified atom stereocenters. The van der Waals surface area contributed by atoms with Crippen molar-refractivity contribution in [1.82, 2.24) is 15.0 Å². The molecule has 0 bridgehead atoms. The summed E-state index contributed by atoms with van der Waals surface area (Å²) in [4.78, 5) is 6.93. The van der Waals surface area contributed by atoms with Crippen molar-refractivity contribution in [2.45, 2.75) is 39.0 Å². The van der Waals surface area contributed by atoms with E-state index in [1.54, 1.807) is 13.0 Å². The minimum atomic E-state index is -2.57. The van der Waals surface area contributed by atoms with Crippen molar-refractivity contribution < 1.29 is 13.3 Å². The monoisotopic (exact) mass is 397 g/mol. The molecule has 1 fully saturated rings. The summed E-state index contributed by atoms with van der Waals surface area (Å²) < 4.78 is 32.3. The zero-order chi connectivity index (χ0) is 20.4. The number of alkyl halides is 2. The average Bonchev–Trinajstić information content (AvgIpc) is 3.09. The number of aryl methyl sites for hydroxylation is 1. The van der Waals surface area contributed by atoms with Gasteiger partial charge in [-0.3, -0.25) is 4.90 Å². The van der Waals surface area contributed by atoms with Gasteiger partial charge in [-0.2, -0.15) is 0 Å². The Morgan fingerprint density at radius 3 is 2.66 bits per heavy atom. The molecule has 0 aliphatic carbocycles. The molecule has 1 aliphatic rings. The van der Waals surface area contributed by atoms with Gasteiger partial charge in [0.1, 0.15) is 0 Å². The highest BCUT2D eigenvalue weighted by atomic mass is 19.3. The molecular weight excluding hydrogens is 372 g/mol. The summed E-state index contributed by atoms with van der Waals surface area (Å²) in [6.07, 6.45) is 1.44. The second-order valence-corrected chi connectivity index (χ2v) is 7.84. The summed E-state index contributed by atoms with van der Waals surface area (Å²) >= 11 is 0. The maximum Gasteiger partial charge on any atom is 0.264 e. The molecule has 29 heavy (non-hydrogen) atoms. The van der Waals surface area contributed by atoms with E-state index in [9.17, 15) is 8.78 Å². The molecule has 0 N–H and O–H groups in total. The zero-order valence-corrected chi connectivity index (χ0v) is 16.7. The summed E-state index contributed by atoms with van der Waals surface area (Å²) in [7, 11) is 0. The number of nitrogens with zero attached hydrogens (tertiary/aromatic N) is 3. The molecule has 4 rings (SSSR count). The molecule has 4 nitrogen and oxygen atoms in total. The SMILES string of the molecule is C/C(=C\c1ccccc1)CN1CCC(c2cc(C(F)F)c3c(C)noc3n2)CC1. The topological polar surface area (TPSA) is 42.2 Å². The number of rotatable bonds is 5. The molecule has 1 saturated heterocycles. The molecule has 0 amide bonds. The Labute approximate surface area is 169 Å². The van der Waals surface area contributed by atoms with E-state index in [-0.39, 0.29) is 17.2 Å². The van der Waals surface area contributed by atoms with Crippen molar-refractivity contribution in [3.05, 3.63) is 64.5 Å². The van der Waals surface area contributed by atoms with Crippen LogP contribution in [0.3, 0.4) is 0 Å². The van der Waals surface area contributed by atoms with Crippen LogP contribution in [0.25, 0.3) is 17.2 Å². The van der Waals surface area contributed by atoms with E-state index < -0.39 is 6.43 Å². The number of aromatic nitrogens is 2. The van der Waals surface area contributed by atoms with Crippen molar-refractivity contribution in [3.8, 4) is 0 Å². The van der Waals surface area contributed by atoms with Gasteiger partial charge in [0.15, 0.2) is 0 Å². The smallest absolute Gasteiger partial charge is 0.264 e. The van der Waals surface area contributed by atoms with Crippen LogP contribution < -0.4 is 0 Å². The van der Waals surface area contributed by atoms with E-state index in [4.69, 9.17) is 4.52 Å². The summed E-state index contributed by atoms with van der Waals surface area (Å²) in [6.45, 7) is 6.57. The molecule has 152 valence electrons. The van der Waals surface area contributed by atoms with Crippen LogP contribution in [0.2, 0.25) is 0 Å². The minimum absolute atomic E-state index is 0.0205. The third-order valence-corrected chi connectivity index (χ3v) is 5.59. The zero-order valence-electron chi connectivity index (χ0n) is 16.7. The van der Waals surface area contributed by atoms with Crippen LogP contribution >= 0.6 is 0 Å². The number of hydrogen-bond donors (Lipinski definition) is 0. The highest BCUT2D eigenvalue weighted by Crippen LogP contribution is 2.34. The number of fused-ring (bicyclic) bond motifs is 1. The van der Waals surface area contributed by atoms with Crippen molar-refractivity contribution in [1.29, 1.82) is 0 Å². The number of piperidine rings is 1. The van der Waals surface area contributed by atoms with E-state index >= 15 is 0 Å². The lowest BCUT2D eigenvalue weighted by atomic mass is 9.91. The number of pyridine rings is 1. The van der Waals surface area contributed by atoms with Crippen LogP contribution in [0.1, 0.15) is 54.6 Å². The summed E-state index contributed by atoms with van der Waals surface area (Å²) in [5.74, 6) is 0.164. The highest BCUT2D eigenvalue weighted by Gasteiger charge is 2.26. The first kappa shape index (κ1) is 19.7. The molecular formula is C23H25F2N3O. The first-order valence-corrected chi connectivity index (χ1v) is 10.0. The largest absolute Gasteiger partial charge is 0.336 e. The lowest BCUT2D eigenvalue weighted by Gasteiger charge is -2.32. The fourth-order valence-corrected chi connectivity index (χ4v) is 4.15. The maximum atomic E-state index is 13.6. The van der Waals surface area contributed by atoms with E-state index in [0.717, 1.165) is 32.5 Å². The van der Waals surface area contributed by atoms with Crippen LogP contribution in [0, 0.1) is 6.92 Å². The van der Waals surface area contributed by atoms with Gasteiger partial charge in [0, 0.05) is 23.7 Å². The first-order chi connectivity index (χ1) is 14.0. The molecule has 2 aromatic heterocycles. The lowest BCUT2D eigenvalue weighted by Crippen LogP contribution is -2.34. The van der Waals surface area contributed by atoms with Crippen LogP contribution in [-0.4, -0.2) is 34.7 Å². The normalized spacial score (nSPS) is 16.8. The quantitative estimate of drug-likeness (QED) is 0.550. The van der Waals surface area contributed by atoms with E-state index in [2.05, 4.69) is 40.2 Å². The number of halogens is 2. The van der Waals surface area contributed by atoms with E-state index in [0.29, 0.717) is 16.8 Å². The molecule has 3 heterocycles. The fourth-order valence-electron chi connectivity index (χ4n) is 4.15. The van der Waals surface area contributed by atoms with Crippen LogP contribution in [-0.2, 0) is 0 Å². The molecule has 0 spiro atoms. The van der Waals surface area contributed by atoms with Gasteiger partial charge in [-0.15, -0.1) is 0 Å². The van der Waals surface area contributed by atoms with E-state index in [1.165, 1.54) is 11.1 Å². The third kappa shape index (κ3) is 4.37. The summed E-state index contributed by atoms with van der Waals surface area (Å²) in [5, 5.41) is 4.17. The predicted octanol–water partition coefficient (Wildman–Crippen LogP) is 5.75. The summed E-state index contributed by atoms with van der Waals surface area (Å²) in [6, 6.07) is 11.9. The van der Waals surface area contributed by atoms with Gasteiger partial charge < -0.3 is 4.52 Å². The number of likely N-dealkylation sites (tertiary alicyclic amines) is 1. The Balaban J connectivity index is 1.44. The first-order valence-electron chi connectivity index (χ1n) is 10.0. The van der Waals surface area contributed by atoms with Crippen molar-refractivity contribution >= 4 is 17.2 Å². The van der Waals surface area contributed by atoms with E-state index in [1.807, 2.05) is 18.2 Å². The minimum Gasteiger partial charge on any atom is -0.336 e. The molecule has 0 atom stereocenters. The molecule has 6 heteroatoms. The number of hydrogen-bond acceptors (Lipinski definition) is 4. The maximum absolute atomic E-state index is 13.6. The van der Waals surface area contributed by atoms with Crippen molar-refractivity contribution in [3.63, 3.8) is 0 Å². The van der Waals surface area contributed by atoms with Gasteiger partial charge in [-0.05, 0) is 51.4 Å². The Morgan fingerprint density at radius 2 is 1.97 bits per heavy atom. The Bertz CT molecular complexity index is 1010. The lowest BCUT2D eigenvalue weighted by molar-refractivity contribution is 0.152. The Morgan fingerprint density at radius 1 is 1.24 bits per heavy atom. The molecule has 1 aliphatic heterocycles. The van der Waals surface area contributed by atoms with Crippen molar-refractivity contribution in [2.75, 3.05) is 19.6 Å². The third-order valence-electron chi connectivity index (χ3n) is 5.59. The number of benzene rings is 1. The second-order valence-electron chi connectivity index (χ2n) is 7.84. The Kier molecular flexibility index (Phi) is 5.72. The second kappa shape index (κ2) is 8.41. The Hall–Kier alpha value is -2.60. The molecule has 0 radical (unpaired) electrons. The van der Waals surface area contributed by atoms with Crippen LogP contribution in [0.5, 0.6) is 0 Å². The average molecular weight is 397 g/mol. The standard InChI is InChI=1S/C23H25F2N3O/c1-15(12-17-6-4-3-5-7-17)14-28-10-8-18(9-11-28)20-13-19(22(24)25)21-16(2)27-29-23(21)26-20/h3-7,12-13,18,22H,8-11,14H2,1-2H3/b15-12+.